The monoisotopic (exact) mass is 299 g/mol. The van der Waals surface area contributed by atoms with Crippen LogP contribution in [0.2, 0.25) is 0 Å². The molecular formula is C17H21N3O2. The first-order valence-corrected chi connectivity index (χ1v) is 7.72. The topological polar surface area (TPSA) is 56.1 Å². The van der Waals surface area contributed by atoms with Crippen LogP contribution in [-0.4, -0.2) is 28.3 Å². The van der Waals surface area contributed by atoms with E-state index in [2.05, 4.69) is 17.3 Å². The Bertz CT molecular complexity index is 678. The molecule has 0 spiro atoms. The van der Waals surface area contributed by atoms with Crippen LogP contribution in [0, 0.1) is 0 Å². The Morgan fingerprint density at radius 3 is 3.09 bits per heavy atom. The van der Waals surface area contributed by atoms with Crippen LogP contribution in [-0.2, 0) is 19.9 Å². The summed E-state index contributed by atoms with van der Waals surface area (Å²) >= 11 is 0. The van der Waals surface area contributed by atoms with Gasteiger partial charge in [-0.2, -0.15) is 5.10 Å². The number of aryl methyl sites for hydroxylation is 2. The number of ether oxygens (including phenoxy) is 1. The molecule has 3 rings (SSSR count). The summed E-state index contributed by atoms with van der Waals surface area (Å²) < 4.78 is 7.36. The normalized spacial score (nSPS) is 16.7. The van der Waals surface area contributed by atoms with Crippen LogP contribution in [0.25, 0.3) is 0 Å². The van der Waals surface area contributed by atoms with E-state index in [4.69, 9.17) is 4.74 Å². The molecule has 2 heterocycles. The standard InChI is InChI=1S/C17H21N3O2/c1-3-6-13-10-15(20(2)19-13)17(21)18-14-9-12-7-4-5-8-16(12)22-11-14/h4-5,7-8,10,14H,3,6,9,11H2,1-2H3,(H,18,21)/t14-/m1/s1. The van der Waals surface area contributed by atoms with Crippen molar-refractivity contribution in [2.45, 2.75) is 32.2 Å². The van der Waals surface area contributed by atoms with Gasteiger partial charge in [-0.05, 0) is 30.5 Å². The number of hydrogen-bond donors (Lipinski definition) is 1. The zero-order valence-corrected chi connectivity index (χ0v) is 13.0. The summed E-state index contributed by atoms with van der Waals surface area (Å²) in [7, 11) is 1.81. The van der Waals surface area contributed by atoms with Crippen molar-refractivity contribution in [3.05, 3.63) is 47.3 Å². The van der Waals surface area contributed by atoms with Crippen LogP contribution in [0.15, 0.2) is 30.3 Å². The van der Waals surface area contributed by atoms with Gasteiger partial charge in [0.05, 0.1) is 11.7 Å². The van der Waals surface area contributed by atoms with Crippen molar-refractivity contribution in [3.8, 4) is 5.75 Å². The average molecular weight is 299 g/mol. The number of nitrogens with zero attached hydrogens (tertiary/aromatic N) is 2. The van der Waals surface area contributed by atoms with Gasteiger partial charge >= 0.3 is 0 Å². The second-order valence-electron chi connectivity index (χ2n) is 5.69. The first-order valence-electron chi connectivity index (χ1n) is 7.72. The lowest BCUT2D eigenvalue weighted by atomic mass is 10.0. The number of fused-ring (bicyclic) bond motifs is 1. The summed E-state index contributed by atoms with van der Waals surface area (Å²) in [6.45, 7) is 2.60. The molecule has 0 saturated heterocycles. The summed E-state index contributed by atoms with van der Waals surface area (Å²) in [4.78, 5) is 12.4. The molecule has 2 aromatic rings. The van der Waals surface area contributed by atoms with Gasteiger partial charge in [0.25, 0.3) is 5.91 Å². The van der Waals surface area contributed by atoms with Crippen LogP contribution in [0.5, 0.6) is 5.75 Å². The molecule has 1 aromatic carbocycles. The third kappa shape index (κ3) is 2.98. The molecule has 1 N–H and O–H groups in total. The van der Waals surface area contributed by atoms with Crippen molar-refractivity contribution in [1.29, 1.82) is 0 Å². The SMILES string of the molecule is CCCc1cc(C(=O)N[C@H]2COc3ccccc3C2)n(C)n1. The molecule has 0 radical (unpaired) electrons. The van der Waals surface area contributed by atoms with Crippen molar-refractivity contribution in [3.63, 3.8) is 0 Å². The molecule has 1 aliphatic heterocycles. The molecule has 116 valence electrons. The fourth-order valence-electron chi connectivity index (χ4n) is 2.80. The first-order chi connectivity index (χ1) is 10.7. The second kappa shape index (κ2) is 6.22. The van der Waals surface area contributed by atoms with E-state index < -0.39 is 0 Å². The summed E-state index contributed by atoms with van der Waals surface area (Å²) in [5.74, 6) is 0.823. The van der Waals surface area contributed by atoms with E-state index in [1.165, 1.54) is 0 Å². The lowest BCUT2D eigenvalue weighted by Crippen LogP contribution is -2.43. The summed E-state index contributed by atoms with van der Waals surface area (Å²) in [5, 5.41) is 7.42. The second-order valence-corrected chi connectivity index (χ2v) is 5.69. The van der Waals surface area contributed by atoms with Gasteiger partial charge in [-0.15, -0.1) is 0 Å². The molecule has 5 nitrogen and oxygen atoms in total. The smallest absolute Gasteiger partial charge is 0.269 e. The lowest BCUT2D eigenvalue weighted by molar-refractivity contribution is 0.0906. The van der Waals surface area contributed by atoms with E-state index in [0.29, 0.717) is 12.3 Å². The van der Waals surface area contributed by atoms with Gasteiger partial charge < -0.3 is 10.1 Å². The minimum Gasteiger partial charge on any atom is -0.491 e. The zero-order chi connectivity index (χ0) is 15.5. The number of hydrogen-bond acceptors (Lipinski definition) is 3. The Kier molecular flexibility index (Phi) is 4.13. The number of aromatic nitrogens is 2. The highest BCUT2D eigenvalue weighted by molar-refractivity contribution is 5.92. The summed E-state index contributed by atoms with van der Waals surface area (Å²) in [6, 6.07) is 9.82. The molecular weight excluding hydrogens is 278 g/mol. The van der Waals surface area contributed by atoms with Crippen molar-refractivity contribution >= 4 is 5.91 Å². The molecule has 1 amide bonds. The Balaban J connectivity index is 1.68. The van der Waals surface area contributed by atoms with E-state index in [9.17, 15) is 4.79 Å². The van der Waals surface area contributed by atoms with Gasteiger partial charge in [0.1, 0.15) is 18.1 Å². The molecule has 0 unspecified atom stereocenters. The minimum atomic E-state index is -0.0923. The van der Waals surface area contributed by atoms with E-state index in [1.54, 1.807) is 11.7 Å². The molecule has 0 fully saturated rings. The Hall–Kier alpha value is -2.30. The number of benzene rings is 1. The van der Waals surface area contributed by atoms with Crippen LogP contribution in [0.1, 0.15) is 35.1 Å². The molecule has 0 saturated carbocycles. The maximum atomic E-state index is 12.4. The number of rotatable bonds is 4. The van der Waals surface area contributed by atoms with Crippen LogP contribution < -0.4 is 10.1 Å². The quantitative estimate of drug-likeness (QED) is 0.940. The predicted molar refractivity (Wildman–Crippen MR) is 84.1 cm³/mol. The maximum absolute atomic E-state index is 12.4. The van der Waals surface area contributed by atoms with Gasteiger partial charge in [-0.3, -0.25) is 9.48 Å². The Morgan fingerprint density at radius 1 is 1.45 bits per heavy atom. The number of amides is 1. The lowest BCUT2D eigenvalue weighted by Gasteiger charge is -2.25. The summed E-state index contributed by atoms with van der Waals surface area (Å²) in [6.07, 6.45) is 2.70. The average Bonchev–Trinajstić information content (AvgIpc) is 2.88. The molecule has 0 bridgehead atoms. The van der Waals surface area contributed by atoms with Gasteiger partial charge in [0, 0.05) is 7.05 Å². The minimum absolute atomic E-state index is 0.00748. The van der Waals surface area contributed by atoms with Gasteiger partial charge in [-0.25, -0.2) is 0 Å². The summed E-state index contributed by atoms with van der Waals surface area (Å²) in [5.41, 5.74) is 2.69. The third-order valence-electron chi connectivity index (χ3n) is 3.88. The van der Waals surface area contributed by atoms with Crippen LogP contribution >= 0.6 is 0 Å². The molecule has 1 aromatic heterocycles. The zero-order valence-electron chi connectivity index (χ0n) is 13.0. The number of carbonyl (C=O) groups is 1. The molecule has 5 heteroatoms. The Morgan fingerprint density at radius 2 is 2.27 bits per heavy atom. The highest BCUT2D eigenvalue weighted by atomic mass is 16.5. The fourth-order valence-corrected chi connectivity index (χ4v) is 2.80. The van der Waals surface area contributed by atoms with Crippen LogP contribution in [0.3, 0.4) is 0 Å². The maximum Gasteiger partial charge on any atom is 0.269 e. The fraction of sp³-hybridized carbons (Fsp3) is 0.412. The van der Waals surface area contributed by atoms with E-state index in [0.717, 1.165) is 36.3 Å². The highest BCUT2D eigenvalue weighted by Gasteiger charge is 2.23. The largest absolute Gasteiger partial charge is 0.491 e. The molecule has 0 aliphatic carbocycles. The predicted octanol–water partition coefficient (Wildman–Crippen LogP) is 2.11. The number of carbonyl (C=O) groups excluding carboxylic acids is 1. The van der Waals surface area contributed by atoms with Gasteiger partial charge in [-0.1, -0.05) is 31.5 Å². The van der Waals surface area contributed by atoms with Gasteiger partial charge in [0.2, 0.25) is 0 Å². The first kappa shape index (κ1) is 14.6. The van der Waals surface area contributed by atoms with E-state index >= 15 is 0 Å². The van der Waals surface area contributed by atoms with E-state index in [-0.39, 0.29) is 11.9 Å². The number of para-hydroxylation sites is 1. The van der Waals surface area contributed by atoms with E-state index in [1.807, 2.05) is 30.3 Å². The van der Waals surface area contributed by atoms with Crippen molar-refractivity contribution in [2.75, 3.05) is 6.61 Å². The van der Waals surface area contributed by atoms with Crippen molar-refractivity contribution < 1.29 is 9.53 Å². The van der Waals surface area contributed by atoms with Crippen molar-refractivity contribution in [1.82, 2.24) is 15.1 Å². The third-order valence-corrected chi connectivity index (χ3v) is 3.88. The Labute approximate surface area is 130 Å². The highest BCUT2D eigenvalue weighted by Crippen LogP contribution is 2.24. The molecule has 22 heavy (non-hydrogen) atoms. The molecule has 1 atom stereocenters. The molecule has 1 aliphatic rings. The number of nitrogens with one attached hydrogen (secondary N) is 1. The van der Waals surface area contributed by atoms with Crippen LogP contribution in [0.4, 0.5) is 0 Å². The van der Waals surface area contributed by atoms with Gasteiger partial charge in [0.15, 0.2) is 0 Å². The van der Waals surface area contributed by atoms with Crippen molar-refractivity contribution in [2.24, 2.45) is 7.05 Å².